The zero-order valence-corrected chi connectivity index (χ0v) is 10.8. The summed E-state index contributed by atoms with van der Waals surface area (Å²) >= 11 is 0. The smallest absolute Gasteiger partial charge is 0.293 e. The first-order chi connectivity index (χ1) is 8.78. The van der Waals surface area contributed by atoms with Crippen molar-refractivity contribution >= 4 is 5.82 Å². The van der Waals surface area contributed by atoms with Crippen molar-refractivity contribution in [2.75, 3.05) is 25.0 Å². The van der Waals surface area contributed by atoms with Crippen LogP contribution in [0.5, 0.6) is 0 Å². The molecule has 3 aliphatic rings. The Balaban J connectivity index is 1.79. The number of hydrogen-bond donors (Lipinski definition) is 1. The maximum absolute atomic E-state index is 12.1. The van der Waals surface area contributed by atoms with Gasteiger partial charge in [-0.2, -0.15) is 0 Å². The molecule has 1 aromatic heterocycles. The molecule has 0 aromatic carbocycles. The highest BCUT2D eigenvalue weighted by atomic mass is 16.1. The van der Waals surface area contributed by atoms with Crippen LogP contribution in [0.15, 0.2) is 17.2 Å². The molecule has 2 bridgehead atoms. The second-order valence-corrected chi connectivity index (χ2v) is 5.26. The molecule has 0 amide bonds. The molecule has 1 N–H and O–H groups in total. The SMILES string of the molecule is CCn1ccnc(NC2CN3CCC2CC3)c1=O. The number of rotatable bonds is 3. The molecule has 1 aromatic rings. The largest absolute Gasteiger partial charge is 0.361 e. The van der Waals surface area contributed by atoms with Gasteiger partial charge in [0.15, 0.2) is 5.82 Å². The molecule has 0 radical (unpaired) electrons. The number of nitrogens with one attached hydrogen (secondary N) is 1. The Morgan fingerprint density at radius 2 is 2.22 bits per heavy atom. The van der Waals surface area contributed by atoms with Crippen LogP contribution in [0.2, 0.25) is 0 Å². The van der Waals surface area contributed by atoms with Gasteiger partial charge >= 0.3 is 0 Å². The van der Waals surface area contributed by atoms with Crippen LogP contribution in [0, 0.1) is 5.92 Å². The molecule has 0 aliphatic carbocycles. The lowest BCUT2D eigenvalue weighted by Crippen LogP contribution is -2.54. The van der Waals surface area contributed by atoms with E-state index in [0.717, 1.165) is 6.54 Å². The minimum atomic E-state index is -0.00329. The molecular formula is C13H20N4O. The number of nitrogens with zero attached hydrogens (tertiary/aromatic N) is 3. The highest BCUT2D eigenvalue weighted by Crippen LogP contribution is 2.28. The molecule has 0 saturated carbocycles. The number of hydrogen-bond acceptors (Lipinski definition) is 4. The van der Waals surface area contributed by atoms with Gasteiger partial charge in [-0.15, -0.1) is 0 Å². The van der Waals surface area contributed by atoms with Crippen molar-refractivity contribution in [2.45, 2.75) is 32.4 Å². The summed E-state index contributed by atoms with van der Waals surface area (Å²) in [7, 11) is 0. The summed E-state index contributed by atoms with van der Waals surface area (Å²) in [6, 6.07) is 0.389. The number of fused-ring (bicyclic) bond motifs is 3. The third-order valence-corrected chi connectivity index (χ3v) is 4.23. The zero-order chi connectivity index (χ0) is 12.5. The van der Waals surface area contributed by atoms with Gasteiger partial charge in [-0.1, -0.05) is 0 Å². The van der Waals surface area contributed by atoms with E-state index in [2.05, 4.69) is 15.2 Å². The molecule has 0 spiro atoms. The number of piperidine rings is 3. The highest BCUT2D eigenvalue weighted by Gasteiger charge is 2.34. The average molecular weight is 248 g/mol. The van der Waals surface area contributed by atoms with Gasteiger partial charge in [0.05, 0.1) is 0 Å². The molecule has 18 heavy (non-hydrogen) atoms. The van der Waals surface area contributed by atoms with Crippen molar-refractivity contribution in [3.05, 3.63) is 22.7 Å². The fourth-order valence-corrected chi connectivity index (χ4v) is 3.10. The summed E-state index contributed by atoms with van der Waals surface area (Å²) in [5.74, 6) is 1.21. The first kappa shape index (κ1) is 11.7. The topological polar surface area (TPSA) is 50.2 Å². The molecule has 4 heterocycles. The van der Waals surface area contributed by atoms with Crippen LogP contribution in [0.1, 0.15) is 19.8 Å². The van der Waals surface area contributed by atoms with E-state index in [1.54, 1.807) is 17.0 Å². The van der Waals surface area contributed by atoms with Crippen molar-refractivity contribution < 1.29 is 0 Å². The first-order valence-corrected chi connectivity index (χ1v) is 6.82. The highest BCUT2D eigenvalue weighted by molar-refractivity contribution is 5.33. The van der Waals surface area contributed by atoms with Crippen molar-refractivity contribution in [3.63, 3.8) is 0 Å². The van der Waals surface area contributed by atoms with Gasteiger partial charge < -0.3 is 14.8 Å². The van der Waals surface area contributed by atoms with Crippen LogP contribution in [0.3, 0.4) is 0 Å². The normalized spacial score (nSPS) is 30.4. The lowest BCUT2D eigenvalue weighted by molar-refractivity contribution is 0.0973. The fourth-order valence-electron chi connectivity index (χ4n) is 3.10. The monoisotopic (exact) mass is 248 g/mol. The quantitative estimate of drug-likeness (QED) is 0.858. The Hall–Kier alpha value is -1.36. The van der Waals surface area contributed by atoms with Crippen LogP contribution in [0.4, 0.5) is 5.82 Å². The van der Waals surface area contributed by atoms with Gasteiger partial charge in [0, 0.05) is 31.5 Å². The van der Waals surface area contributed by atoms with Crippen LogP contribution in [0.25, 0.3) is 0 Å². The molecule has 5 nitrogen and oxygen atoms in total. The predicted octanol–water partition coefficient (Wildman–Crippen LogP) is 0.769. The van der Waals surface area contributed by atoms with Gasteiger partial charge in [0.25, 0.3) is 5.56 Å². The van der Waals surface area contributed by atoms with Crippen molar-refractivity contribution in [1.29, 1.82) is 0 Å². The average Bonchev–Trinajstić information content (AvgIpc) is 2.42. The summed E-state index contributed by atoms with van der Waals surface area (Å²) in [4.78, 5) is 18.8. The summed E-state index contributed by atoms with van der Waals surface area (Å²) in [5, 5.41) is 3.37. The van der Waals surface area contributed by atoms with Crippen LogP contribution < -0.4 is 10.9 Å². The summed E-state index contributed by atoms with van der Waals surface area (Å²) in [6.07, 6.45) is 5.93. The van der Waals surface area contributed by atoms with Gasteiger partial charge in [0.2, 0.25) is 0 Å². The molecule has 98 valence electrons. The molecule has 3 fully saturated rings. The molecular weight excluding hydrogens is 228 g/mol. The lowest BCUT2D eigenvalue weighted by Gasteiger charge is -2.45. The second kappa shape index (κ2) is 4.72. The summed E-state index contributed by atoms with van der Waals surface area (Å²) < 4.78 is 1.69. The Labute approximate surface area is 107 Å². The Morgan fingerprint density at radius 3 is 2.83 bits per heavy atom. The van der Waals surface area contributed by atoms with Gasteiger partial charge in [0.1, 0.15) is 0 Å². The molecule has 3 aliphatic heterocycles. The van der Waals surface area contributed by atoms with E-state index < -0.39 is 0 Å². The van der Waals surface area contributed by atoms with E-state index in [1.165, 1.54) is 25.9 Å². The van der Waals surface area contributed by atoms with Crippen LogP contribution in [-0.2, 0) is 6.54 Å². The van der Waals surface area contributed by atoms with Crippen molar-refractivity contribution in [3.8, 4) is 0 Å². The maximum atomic E-state index is 12.1. The summed E-state index contributed by atoms with van der Waals surface area (Å²) in [6.45, 7) is 6.14. The number of aromatic nitrogens is 2. The predicted molar refractivity (Wildman–Crippen MR) is 70.7 cm³/mol. The van der Waals surface area contributed by atoms with Crippen LogP contribution in [-0.4, -0.2) is 40.1 Å². The third-order valence-electron chi connectivity index (χ3n) is 4.23. The van der Waals surface area contributed by atoms with Gasteiger partial charge in [-0.25, -0.2) is 4.98 Å². The first-order valence-electron chi connectivity index (χ1n) is 6.82. The maximum Gasteiger partial charge on any atom is 0.293 e. The zero-order valence-electron chi connectivity index (χ0n) is 10.8. The van der Waals surface area contributed by atoms with E-state index in [0.29, 0.717) is 24.3 Å². The Bertz CT molecular complexity index is 476. The Morgan fingerprint density at radius 1 is 1.44 bits per heavy atom. The molecule has 1 atom stereocenters. The van der Waals surface area contributed by atoms with E-state index in [1.807, 2.05) is 6.92 Å². The third kappa shape index (κ3) is 2.03. The number of aryl methyl sites for hydroxylation is 1. The van der Waals surface area contributed by atoms with Gasteiger partial charge in [-0.3, -0.25) is 4.79 Å². The van der Waals surface area contributed by atoms with E-state index in [4.69, 9.17) is 0 Å². The molecule has 4 rings (SSSR count). The standard InChI is InChI=1S/C13H20N4O/c1-2-17-8-5-14-12(13(17)18)15-11-9-16-6-3-10(11)4-7-16/h5,8,10-11H,2-4,6-7,9H2,1H3,(H,14,15). The molecule has 1 unspecified atom stereocenters. The minimum Gasteiger partial charge on any atom is -0.361 e. The second-order valence-electron chi connectivity index (χ2n) is 5.26. The number of anilines is 1. The Kier molecular flexibility index (Phi) is 3.07. The fraction of sp³-hybridized carbons (Fsp3) is 0.692. The van der Waals surface area contributed by atoms with E-state index in [9.17, 15) is 4.79 Å². The van der Waals surface area contributed by atoms with E-state index >= 15 is 0 Å². The molecule has 5 heteroatoms. The van der Waals surface area contributed by atoms with Crippen molar-refractivity contribution in [2.24, 2.45) is 5.92 Å². The minimum absolute atomic E-state index is 0.00329. The summed E-state index contributed by atoms with van der Waals surface area (Å²) in [5.41, 5.74) is -0.00329. The van der Waals surface area contributed by atoms with Crippen LogP contribution >= 0.6 is 0 Å². The van der Waals surface area contributed by atoms with Crippen molar-refractivity contribution in [1.82, 2.24) is 14.5 Å². The molecule has 3 saturated heterocycles. The lowest BCUT2D eigenvalue weighted by atomic mass is 9.84. The van der Waals surface area contributed by atoms with Gasteiger partial charge in [-0.05, 0) is 38.8 Å². The van der Waals surface area contributed by atoms with E-state index in [-0.39, 0.29) is 5.56 Å².